The highest BCUT2D eigenvalue weighted by Gasteiger charge is 2.20. The lowest BCUT2D eigenvalue weighted by Gasteiger charge is -2.23. The van der Waals surface area contributed by atoms with Crippen LogP contribution in [0.2, 0.25) is 0 Å². The molecule has 1 fully saturated rings. The number of rotatable bonds is 4. The summed E-state index contributed by atoms with van der Waals surface area (Å²) in [4.78, 5) is 13.4. The van der Waals surface area contributed by atoms with Crippen molar-refractivity contribution in [2.45, 2.75) is 36.3 Å². The molecule has 0 N–H and O–H groups in total. The molecule has 118 valence electrons. The van der Waals surface area contributed by atoms with E-state index in [1.165, 1.54) is 12.0 Å². The molecule has 0 amide bonds. The van der Waals surface area contributed by atoms with Crippen molar-refractivity contribution in [3.63, 3.8) is 0 Å². The topological polar surface area (TPSA) is 52.8 Å². The highest BCUT2D eigenvalue weighted by molar-refractivity contribution is 7.98. The first-order chi connectivity index (χ1) is 11.4. The van der Waals surface area contributed by atoms with Crippen molar-refractivity contribution in [2.75, 3.05) is 6.61 Å². The maximum atomic E-state index is 5.86. The molecule has 1 saturated heterocycles. The van der Waals surface area contributed by atoms with Crippen molar-refractivity contribution < 1.29 is 4.74 Å². The number of imidazole rings is 1. The largest absolute Gasteiger partial charge is 0.358 e. The number of nitrogens with zero attached hydrogens (tertiary/aromatic N) is 4. The molecule has 3 heterocycles. The summed E-state index contributed by atoms with van der Waals surface area (Å²) in [6, 6.07) is 10.4. The van der Waals surface area contributed by atoms with Crippen LogP contribution in [0.4, 0.5) is 0 Å². The second-order valence-corrected chi connectivity index (χ2v) is 6.56. The van der Waals surface area contributed by atoms with E-state index < -0.39 is 0 Å². The summed E-state index contributed by atoms with van der Waals surface area (Å²) in [5.41, 5.74) is 3.00. The Kier molecular flexibility index (Phi) is 4.26. The lowest BCUT2D eigenvalue weighted by molar-refractivity contribution is -0.0298. The molecule has 1 aromatic carbocycles. The van der Waals surface area contributed by atoms with Gasteiger partial charge in [-0.25, -0.2) is 15.0 Å². The molecule has 4 rings (SSSR count). The Bertz CT molecular complexity index is 784. The Morgan fingerprint density at radius 1 is 1.13 bits per heavy atom. The summed E-state index contributed by atoms with van der Waals surface area (Å²) < 4.78 is 7.90. The van der Waals surface area contributed by atoms with Crippen LogP contribution in [0.3, 0.4) is 0 Å². The Labute approximate surface area is 139 Å². The van der Waals surface area contributed by atoms with E-state index in [4.69, 9.17) is 4.74 Å². The molecule has 0 radical (unpaired) electrons. The van der Waals surface area contributed by atoms with Gasteiger partial charge < -0.3 is 4.74 Å². The predicted molar refractivity (Wildman–Crippen MR) is 90.2 cm³/mol. The first-order valence-electron chi connectivity index (χ1n) is 7.88. The maximum Gasteiger partial charge on any atom is 0.166 e. The van der Waals surface area contributed by atoms with Crippen molar-refractivity contribution in [2.24, 2.45) is 0 Å². The van der Waals surface area contributed by atoms with Crippen molar-refractivity contribution in [3.8, 4) is 0 Å². The van der Waals surface area contributed by atoms with E-state index in [1.807, 2.05) is 17.0 Å². The van der Waals surface area contributed by atoms with Crippen LogP contribution < -0.4 is 0 Å². The Hall–Kier alpha value is -1.92. The van der Waals surface area contributed by atoms with E-state index in [2.05, 4.69) is 39.2 Å². The SMILES string of the molecule is c1ccc(CSc2ncnc3c2ncn3[C@@H]2CCCCO2)cc1. The van der Waals surface area contributed by atoms with Crippen LogP contribution in [0.5, 0.6) is 0 Å². The minimum Gasteiger partial charge on any atom is -0.358 e. The number of aromatic nitrogens is 4. The molecule has 0 unspecified atom stereocenters. The van der Waals surface area contributed by atoms with Gasteiger partial charge in [-0.1, -0.05) is 42.1 Å². The number of ether oxygens (including phenoxy) is 1. The van der Waals surface area contributed by atoms with Gasteiger partial charge in [0.05, 0.1) is 6.33 Å². The van der Waals surface area contributed by atoms with E-state index in [-0.39, 0.29) is 6.23 Å². The van der Waals surface area contributed by atoms with E-state index in [9.17, 15) is 0 Å². The highest BCUT2D eigenvalue weighted by atomic mass is 32.2. The molecule has 23 heavy (non-hydrogen) atoms. The van der Waals surface area contributed by atoms with Crippen molar-refractivity contribution in [1.29, 1.82) is 0 Å². The summed E-state index contributed by atoms with van der Waals surface area (Å²) >= 11 is 1.70. The zero-order valence-corrected chi connectivity index (χ0v) is 13.6. The fourth-order valence-electron chi connectivity index (χ4n) is 2.82. The highest BCUT2D eigenvalue weighted by Crippen LogP contribution is 2.30. The molecule has 0 saturated carbocycles. The Balaban J connectivity index is 1.59. The first kappa shape index (κ1) is 14.7. The minimum absolute atomic E-state index is 0.0515. The monoisotopic (exact) mass is 326 g/mol. The van der Waals surface area contributed by atoms with Crippen LogP contribution in [0.15, 0.2) is 48.0 Å². The number of hydrogen-bond donors (Lipinski definition) is 0. The molecule has 6 heteroatoms. The van der Waals surface area contributed by atoms with Gasteiger partial charge in [0.1, 0.15) is 23.1 Å². The number of thioether (sulfide) groups is 1. The normalized spacial score (nSPS) is 18.3. The van der Waals surface area contributed by atoms with Crippen LogP contribution >= 0.6 is 11.8 Å². The van der Waals surface area contributed by atoms with Gasteiger partial charge in [0.2, 0.25) is 0 Å². The van der Waals surface area contributed by atoms with Gasteiger partial charge in [-0.3, -0.25) is 4.57 Å². The predicted octanol–water partition coefficient (Wildman–Crippen LogP) is 3.82. The van der Waals surface area contributed by atoms with Crippen molar-refractivity contribution in [3.05, 3.63) is 48.5 Å². The van der Waals surface area contributed by atoms with Gasteiger partial charge in [0.15, 0.2) is 5.65 Å². The number of benzene rings is 1. The summed E-state index contributed by atoms with van der Waals surface area (Å²) in [6.45, 7) is 0.811. The lowest BCUT2D eigenvalue weighted by atomic mass is 10.2. The zero-order chi connectivity index (χ0) is 15.5. The average Bonchev–Trinajstić information content (AvgIpc) is 3.06. The van der Waals surface area contributed by atoms with Crippen LogP contribution in [0.1, 0.15) is 31.1 Å². The van der Waals surface area contributed by atoms with Crippen molar-refractivity contribution in [1.82, 2.24) is 19.5 Å². The molecular formula is C17H18N4OS. The third-order valence-corrected chi connectivity index (χ3v) is 5.06. The van der Waals surface area contributed by atoms with Crippen LogP contribution in [0, 0.1) is 0 Å². The fraction of sp³-hybridized carbons (Fsp3) is 0.353. The summed E-state index contributed by atoms with van der Waals surface area (Å²) in [5.74, 6) is 0.875. The maximum absolute atomic E-state index is 5.86. The van der Waals surface area contributed by atoms with Crippen molar-refractivity contribution >= 4 is 22.9 Å². The summed E-state index contributed by atoms with van der Waals surface area (Å²) in [6.07, 6.45) is 6.85. The molecule has 3 aromatic rings. The van der Waals surface area contributed by atoms with E-state index in [0.717, 1.165) is 41.4 Å². The van der Waals surface area contributed by atoms with Gasteiger partial charge >= 0.3 is 0 Å². The van der Waals surface area contributed by atoms with Gasteiger partial charge in [-0.05, 0) is 24.8 Å². The smallest absolute Gasteiger partial charge is 0.166 e. The van der Waals surface area contributed by atoms with E-state index >= 15 is 0 Å². The molecular weight excluding hydrogens is 308 g/mol. The van der Waals surface area contributed by atoms with E-state index in [0.29, 0.717) is 0 Å². The third kappa shape index (κ3) is 3.09. The summed E-state index contributed by atoms with van der Waals surface area (Å²) in [7, 11) is 0. The molecule has 1 aliphatic heterocycles. The zero-order valence-electron chi connectivity index (χ0n) is 12.8. The minimum atomic E-state index is 0.0515. The fourth-order valence-corrected chi connectivity index (χ4v) is 3.71. The lowest BCUT2D eigenvalue weighted by Crippen LogP contribution is -2.17. The second kappa shape index (κ2) is 6.68. The first-order valence-corrected chi connectivity index (χ1v) is 8.86. The van der Waals surface area contributed by atoms with Gasteiger partial charge in [-0.2, -0.15) is 0 Å². The molecule has 0 spiro atoms. The molecule has 1 aliphatic rings. The van der Waals surface area contributed by atoms with E-state index in [1.54, 1.807) is 18.1 Å². The Morgan fingerprint density at radius 2 is 2.04 bits per heavy atom. The summed E-state index contributed by atoms with van der Waals surface area (Å²) in [5, 5.41) is 0.924. The molecule has 0 bridgehead atoms. The van der Waals surface area contributed by atoms with Crippen LogP contribution in [-0.4, -0.2) is 26.1 Å². The average molecular weight is 326 g/mol. The third-order valence-electron chi connectivity index (χ3n) is 4.01. The molecule has 1 atom stereocenters. The molecule has 2 aromatic heterocycles. The second-order valence-electron chi connectivity index (χ2n) is 5.60. The number of fused-ring (bicyclic) bond motifs is 1. The van der Waals surface area contributed by atoms with Gasteiger partial charge in [0, 0.05) is 12.4 Å². The van der Waals surface area contributed by atoms with Gasteiger partial charge in [-0.15, -0.1) is 0 Å². The molecule has 0 aliphatic carbocycles. The van der Waals surface area contributed by atoms with Crippen LogP contribution in [0.25, 0.3) is 11.2 Å². The van der Waals surface area contributed by atoms with Gasteiger partial charge in [0.25, 0.3) is 0 Å². The quantitative estimate of drug-likeness (QED) is 0.539. The standard InChI is InChI=1S/C17H18N4OS/c1-2-6-13(7-3-1)10-23-17-15-16(18-11-19-17)21(12-20-15)14-8-4-5-9-22-14/h1-3,6-7,11-12,14H,4-5,8-10H2/t14-/m0/s1. The van der Waals surface area contributed by atoms with Crippen LogP contribution in [-0.2, 0) is 10.5 Å². The molecule has 5 nitrogen and oxygen atoms in total. The Morgan fingerprint density at radius 3 is 2.87 bits per heavy atom. The number of hydrogen-bond acceptors (Lipinski definition) is 5.